The molecular weight excluding hydrogens is 625 g/mol. The van der Waals surface area contributed by atoms with Gasteiger partial charge < -0.3 is 14.2 Å². The van der Waals surface area contributed by atoms with Crippen LogP contribution in [0.15, 0.2) is 36.4 Å². The zero-order valence-corrected chi connectivity index (χ0v) is 26.1. The summed E-state index contributed by atoms with van der Waals surface area (Å²) in [7, 11) is 3.04. The Labute approximate surface area is 259 Å². The van der Waals surface area contributed by atoms with E-state index in [9.17, 15) is 18.0 Å². The van der Waals surface area contributed by atoms with Gasteiger partial charge in [-0.25, -0.2) is 4.98 Å². The van der Waals surface area contributed by atoms with Crippen molar-refractivity contribution >= 4 is 40.7 Å². The van der Waals surface area contributed by atoms with Crippen LogP contribution in [-0.2, 0) is 28.5 Å². The summed E-state index contributed by atoms with van der Waals surface area (Å²) in [6.07, 6.45) is -3.81. The fraction of sp³-hybridized carbons (Fsp3) is 0.379. The highest BCUT2D eigenvalue weighted by Crippen LogP contribution is 2.54. The Bertz CT molecular complexity index is 1640. The molecule has 2 aromatic carbocycles. The number of halogens is 4. The minimum atomic E-state index is -4.76. The summed E-state index contributed by atoms with van der Waals surface area (Å²) in [5.41, 5.74) is 2.29. The highest BCUT2D eigenvalue weighted by Gasteiger charge is 2.43. The third kappa shape index (κ3) is 6.34. The molecule has 1 aliphatic heterocycles. The smallest absolute Gasteiger partial charge is 0.452 e. The molecule has 0 spiro atoms. The molecule has 43 heavy (non-hydrogen) atoms. The van der Waals surface area contributed by atoms with Crippen molar-refractivity contribution in [1.82, 2.24) is 19.7 Å². The number of para-hydroxylation sites is 1. The molecule has 0 amide bonds. The van der Waals surface area contributed by atoms with Gasteiger partial charge in [0.2, 0.25) is 5.82 Å². The van der Waals surface area contributed by atoms with Crippen molar-refractivity contribution in [2.45, 2.75) is 49.8 Å². The SMILES string of the molecule is CCOC(=O)CCc1sc(C[C@H]2S[C@H](c3cccc(OC)c3OC)c3cc(Cl)ccc3-n3c2nnc3C(F)(F)F)nc1C. The van der Waals surface area contributed by atoms with Crippen LogP contribution < -0.4 is 9.47 Å². The van der Waals surface area contributed by atoms with E-state index < -0.39 is 22.5 Å². The number of hydrogen-bond donors (Lipinski definition) is 0. The number of fused-ring (bicyclic) bond motifs is 3. The van der Waals surface area contributed by atoms with Crippen LogP contribution in [-0.4, -0.2) is 46.5 Å². The Hall–Kier alpha value is -3.29. The molecule has 14 heteroatoms. The summed E-state index contributed by atoms with van der Waals surface area (Å²) in [4.78, 5) is 17.6. The Morgan fingerprint density at radius 1 is 1.12 bits per heavy atom. The van der Waals surface area contributed by atoms with Gasteiger partial charge in [-0.2, -0.15) is 13.2 Å². The van der Waals surface area contributed by atoms with Crippen molar-refractivity contribution in [3.63, 3.8) is 0 Å². The van der Waals surface area contributed by atoms with E-state index in [2.05, 4.69) is 10.2 Å². The molecule has 2 aromatic heterocycles. The number of methoxy groups -OCH3 is 2. The van der Waals surface area contributed by atoms with Crippen LogP contribution in [0.2, 0.25) is 5.02 Å². The van der Waals surface area contributed by atoms with Gasteiger partial charge in [-0.1, -0.05) is 23.7 Å². The summed E-state index contributed by atoms with van der Waals surface area (Å²) in [5.74, 6) is -0.323. The number of thiazole rings is 1. The van der Waals surface area contributed by atoms with E-state index in [1.165, 1.54) is 37.3 Å². The molecule has 3 heterocycles. The lowest BCUT2D eigenvalue weighted by Crippen LogP contribution is -2.16. The first-order valence-corrected chi connectivity index (χ1v) is 15.5. The first kappa shape index (κ1) is 31.1. The highest BCUT2D eigenvalue weighted by atomic mass is 35.5. The number of aromatic nitrogens is 4. The molecule has 1 aliphatic rings. The number of carbonyl (C=O) groups excluding carboxylic acids is 1. The number of ether oxygens (including phenoxy) is 3. The zero-order chi connectivity index (χ0) is 30.9. The van der Waals surface area contributed by atoms with Crippen LogP contribution in [0.3, 0.4) is 0 Å². The van der Waals surface area contributed by atoms with Crippen LogP contribution in [0.4, 0.5) is 13.2 Å². The van der Waals surface area contributed by atoms with Crippen molar-refractivity contribution in [3.8, 4) is 17.2 Å². The lowest BCUT2D eigenvalue weighted by atomic mass is 10.0. The fourth-order valence-corrected chi connectivity index (χ4v) is 8.00. The molecule has 0 unspecified atom stereocenters. The van der Waals surface area contributed by atoms with E-state index in [-0.39, 0.29) is 30.3 Å². The maximum Gasteiger partial charge on any atom is 0.452 e. The average molecular weight is 653 g/mol. The molecular formula is C29H28ClF3N4O4S2. The summed E-state index contributed by atoms with van der Waals surface area (Å²) in [6, 6.07) is 10.2. The number of nitrogens with zero attached hydrogens (tertiary/aromatic N) is 4. The number of rotatable bonds is 9. The maximum absolute atomic E-state index is 14.3. The molecule has 5 rings (SSSR count). The second-order valence-electron chi connectivity index (χ2n) is 9.63. The van der Waals surface area contributed by atoms with E-state index in [0.29, 0.717) is 45.7 Å². The lowest BCUT2D eigenvalue weighted by molar-refractivity contribution is -0.146. The number of alkyl halides is 3. The molecule has 0 aliphatic carbocycles. The Morgan fingerprint density at radius 2 is 1.91 bits per heavy atom. The summed E-state index contributed by atoms with van der Waals surface area (Å²) in [5, 5.41) is 7.66. The van der Waals surface area contributed by atoms with Gasteiger partial charge in [-0.3, -0.25) is 9.36 Å². The summed E-state index contributed by atoms with van der Waals surface area (Å²) < 4.78 is 60.4. The van der Waals surface area contributed by atoms with Gasteiger partial charge in [0.1, 0.15) is 0 Å². The van der Waals surface area contributed by atoms with E-state index >= 15 is 0 Å². The number of carbonyl (C=O) groups is 1. The van der Waals surface area contributed by atoms with Crippen LogP contribution in [0, 0.1) is 6.92 Å². The predicted molar refractivity (Wildman–Crippen MR) is 159 cm³/mol. The van der Waals surface area contributed by atoms with Crippen LogP contribution in [0.1, 0.15) is 62.2 Å². The summed E-state index contributed by atoms with van der Waals surface area (Å²) in [6.45, 7) is 3.91. The first-order valence-electron chi connectivity index (χ1n) is 13.3. The van der Waals surface area contributed by atoms with Crippen LogP contribution >= 0.6 is 34.7 Å². The van der Waals surface area contributed by atoms with Crippen molar-refractivity contribution in [2.75, 3.05) is 20.8 Å². The fourth-order valence-electron chi connectivity index (χ4n) is 5.08. The molecule has 0 saturated carbocycles. The normalized spacial score (nSPS) is 16.3. The monoisotopic (exact) mass is 652 g/mol. The molecule has 0 bridgehead atoms. The standard InChI is InChI=1S/C29H28ClF3N4O4S2/c1-5-41-24(38)12-11-21-15(2)34-23(42-21)14-22-27-35-36-28(29(31,32)33)37(27)19-10-9-16(30)13-18(19)26(43-22)17-7-6-8-20(39-3)25(17)40-4/h6-10,13,22,26H,5,11-12,14H2,1-4H3/t22-,26-/m1/s1. The molecule has 0 saturated heterocycles. The van der Waals surface area contributed by atoms with Crippen molar-refractivity contribution in [3.05, 3.63) is 79.8 Å². The minimum absolute atomic E-state index is 0.145. The topological polar surface area (TPSA) is 88.4 Å². The quantitative estimate of drug-likeness (QED) is 0.174. The number of hydrogen-bond acceptors (Lipinski definition) is 9. The second kappa shape index (κ2) is 12.7. The maximum atomic E-state index is 14.3. The molecule has 0 fully saturated rings. The van der Waals surface area contributed by atoms with Gasteiger partial charge in [0.05, 0.1) is 54.1 Å². The van der Waals surface area contributed by atoms with Gasteiger partial charge >= 0.3 is 12.1 Å². The summed E-state index contributed by atoms with van der Waals surface area (Å²) >= 11 is 9.28. The molecule has 0 N–H and O–H groups in total. The number of aryl methyl sites for hydroxylation is 2. The third-order valence-corrected chi connectivity index (χ3v) is 9.88. The van der Waals surface area contributed by atoms with Crippen molar-refractivity contribution < 1.29 is 32.2 Å². The van der Waals surface area contributed by atoms with E-state index in [1.807, 2.05) is 19.1 Å². The average Bonchev–Trinajstić information content (AvgIpc) is 3.54. The Kier molecular flexibility index (Phi) is 9.23. The van der Waals surface area contributed by atoms with Gasteiger partial charge in [0.25, 0.3) is 0 Å². The Balaban J connectivity index is 1.64. The van der Waals surface area contributed by atoms with Crippen molar-refractivity contribution in [1.29, 1.82) is 0 Å². The van der Waals surface area contributed by atoms with E-state index in [1.54, 1.807) is 31.2 Å². The van der Waals surface area contributed by atoms with E-state index in [0.717, 1.165) is 15.1 Å². The lowest BCUT2D eigenvalue weighted by Gasteiger charge is -2.23. The van der Waals surface area contributed by atoms with Gasteiger partial charge in [-0.05, 0) is 50.1 Å². The largest absolute Gasteiger partial charge is 0.493 e. The number of benzene rings is 2. The van der Waals surface area contributed by atoms with Gasteiger partial charge in [-0.15, -0.1) is 33.3 Å². The number of thioether (sulfide) groups is 1. The minimum Gasteiger partial charge on any atom is -0.493 e. The second-order valence-corrected chi connectivity index (χ2v) is 12.5. The molecule has 2 atom stereocenters. The molecule has 0 radical (unpaired) electrons. The molecule has 8 nitrogen and oxygen atoms in total. The van der Waals surface area contributed by atoms with Crippen LogP contribution in [0.5, 0.6) is 11.5 Å². The van der Waals surface area contributed by atoms with Gasteiger partial charge in [0.15, 0.2) is 17.3 Å². The van der Waals surface area contributed by atoms with Crippen LogP contribution in [0.25, 0.3) is 5.69 Å². The Morgan fingerprint density at radius 3 is 2.60 bits per heavy atom. The molecule has 4 aromatic rings. The molecule has 228 valence electrons. The number of esters is 1. The van der Waals surface area contributed by atoms with E-state index in [4.69, 9.17) is 30.8 Å². The zero-order valence-electron chi connectivity index (χ0n) is 23.7. The van der Waals surface area contributed by atoms with Gasteiger partial charge in [0, 0.05) is 21.9 Å². The van der Waals surface area contributed by atoms with Crippen molar-refractivity contribution in [2.24, 2.45) is 0 Å². The predicted octanol–water partition coefficient (Wildman–Crippen LogP) is 7.34. The first-order chi connectivity index (χ1) is 20.5. The third-order valence-electron chi connectivity index (χ3n) is 6.92. The highest BCUT2D eigenvalue weighted by molar-refractivity contribution is 8.00.